The zero-order chi connectivity index (χ0) is 9.59. The highest BCUT2D eigenvalue weighted by atomic mass is 16.3. The first kappa shape index (κ1) is 7.91. The summed E-state index contributed by atoms with van der Waals surface area (Å²) < 4.78 is 0. The summed E-state index contributed by atoms with van der Waals surface area (Å²) in [6, 6.07) is 1.69. The second-order valence-electron chi connectivity index (χ2n) is 3.18. The van der Waals surface area contributed by atoms with Crippen molar-refractivity contribution in [2.75, 3.05) is 5.73 Å². The number of nitrogens with zero attached hydrogens (tertiary/aromatic N) is 1. The van der Waals surface area contributed by atoms with E-state index in [0.29, 0.717) is 5.95 Å². The van der Waals surface area contributed by atoms with E-state index in [2.05, 4.69) is 9.97 Å². The van der Waals surface area contributed by atoms with E-state index >= 15 is 0 Å². The van der Waals surface area contributed by atoms with Gasteiger partial charge in [-0.1, -0.05) is 0 Å². The van der Waals surface area contributed by atoms with Crippen molar-refractivity contribution < 1.29 is 5.11 Å². The van der Waals surface area contributed by atoms with Crippen LogP contribution in [0.5, 0.6) is 5.75 Å². The van der Waals surface area contributed by atoms with E-state index in [1.54, 1.807) is 6.07 Å². The minimum absolute atomic E-state index is 0.272. The largest absolute Gasteiger partial charge is 0.508 e. The maximum atomic E-state index is 9.52. The number of hydrogen-bond donors (Lipinski definition) is 3. The van der Waals surface area contributed by atoms with Crippen LogP contribution in [0.2, 0.25) is 0 Å². The van der Waals surface area contributed by atoms with Gasteiger partial charge >= 0.3 is 0 Å². The SMILES string of the molecule is Cc1cc(O)c(C)c2[nH]c(N)nc12. The van der Waals surface area contributed by atoms with Crippen LogP contribution in [-0.2, 0) is 0 Å². The number of nitrogens with two attached hydrogens (primary N) is 1. The van der Waals surface area contributed by atoms with Gasteiger partial charge in [0.15, 0.2) is 5.95 Å². The molecule has 0 amide bonds. The Hall–Kier alpha value is -1.71. The Morgan fingerprint density at radius 2 is 2.15 bits per heavy atom. The molecule has 4 nitrogen and oxygen atoms in total. The maximum Gasteiger partial charge on any atom is 0.198 e. The van der Waals surface area contributed by atoms with Gasteiger partial charge in [0, 0.05) is 5.56 Å². The van der Waals surface area contributed by atoms with Crippen LogP contribution in [0.15, 0.2) is 6.07 Å². The van der Waals surface area contributed by atoms with Crippen LogP contribution in [0.4, 0.5) is 5.95 Å². The van der Waals surface area contributed by atoms with Crippen LogP contribution < -0.4 is 5.73 Å². The predicted molar refractivity (Wildman–Crippen MR) is 51.6 cm³/mol. The third-order valence-electron chi connectivity index (χ3n) is 2.21. The summed E-state index contributed by atoms with van der Waals surface area (Å²) in [5.74, 6) is 0.653. The fourth-order valence-electron chi connectivity index (χ4n) is 1.46. The number of fused-ring (bicyclic) bond motifs is 1. The number of aromatic nitrogens is 2. The summed E-state index contributed by atoms with van der Waals surface area (Å²) in [7, 11) is 0. The summed E-state index contributed by atoms with van der Waals surface area (Å²) in [5.41, 5.74) is 8.88. The molecular formula is C9H11N3O. The van der Waals surface area contributed by atoms with Gasteiger partial charge in [-0.05, 0) is 25.5 Å². The van der Waals surface area contributed by atoms with Crippen LogP contribution in [0.3, 0.4) is 0 Å². The molecule has 0 atom stereocenters. The summed E-state index contributed by atoms with van der Waals surface area (Å²) in [5, 5.41) is 9.52. The zero-order valence-electron chi connectivity index (χ0n) is 7.55. The number of nitrogen functional groups attached to an aromatic ring is 1. The normalized spacial score (nSPS) is 10.9. The molecule has 4 heteroatoms. The molecule has 13 heavy (non-hydrogen) atoms. The lowest BCUT2D eigenvalue weighted by Gasteiger charge is -2.01. The molecule has 0 radical (unpaired) electrons. The molecule has 1 aromatic carbocycles. The molecule has 0 aliphatic carbocycles. The molecule has 0 saturated carbocycles. The lowest BCUT2D eigenvalue weighted by atomic mass is 10.1. The Morgan fingerprint density at radius 1 is 1.46 bits per heavy atom. The highest BCUT2D eigenvalue weighted by Crippen LogP contribution is 2.28. The van der Waals surface area contributed by atoms with E-state index in [1.165, 1.54) is 0 Å². The first-order chi connectivity index (χ1) is 6.09. The van der Waals surface area contributed by atoms with Gasteiger partial charge in [0.05, 0.1) is 11.0 Å². The molecule has 0 aliphatic heterocycles. The lowest BCUT2D eigenvalue weighted by Crippen LogP contribution is -1.84. The number of phenols is 1. The van der Waals surface area contributed by atoms with Crippen LogP contribution in [-0.4, -0.2) is 15.1 Å². The number of rotatable bonds is 0. The highest BCUT2D eigenvalue weighted by molar-refractivity contribution is 5.85. The van der Waals surface area contributed by atoms with E-state index in [1.807, 2.05) is 13.8 Å². The minimum Gasteiger partial charge on any atom is -0.508 e. The van der Waals surface area contributed by atoms with Crippen molar-refractivity contribution in [3.8, 4) is 5.75 Å². The van der Waals surface area contributed by atoms with Gasteiger partial charge in [0.25, 0.3) is 0 Å². The predicted octanol–water partition coefficient (Wildman–Crippen LogP) is 1.47. The molecule has 0 fully saturated rings. The van der Waals surface area contributed by atoms with Crippen molar-refractivity contribution in [2.24, 2.45) is 0 Å². The lowest BCUT2D eigenvalue weighted by molar-refractivity contribution is 0.471. The summed E-state index contributed by atoms with van der Waals surface area (Å²) in [6.07, 6.45) is 0. The first-order valence-corrected chi connectivity index (χ1v) is 4.04. The third-order valence-corrected chi connectivity index (χ3v) is 2.21. The third kappa shape index (κ3) is 1.02. The molecule has 1 heterocycles. The number of anilines is 1. The number of H-pyrrole nitrogens is 1. The topological polar surface area (TPSA) is 74.9 Å². The minimum atomic E-state index is 0.272. The summed E-state index contributed by atoms with van der Waals surface area (Å²) in [4.78, 5) is 7.04. The molecule has 0 unspecified atom stereocenters. The van der Waals surface area contributed by atoms with Crippen molar-refractivity contribution in [2.45, 2.75) is 13.8 Å². The van der Waals surface area contributed by atoms with Crippen LogP contribution in [0.25, 0.3) is 11.0 Å². The molecule has 2 aromatic rings. The van der Waals surface area contributed by atoms with E-state index in [-0.39, 0.29) is 5.75 Å². The van der Waals surface area contributed by atoms with Crippen molar-refractivity contribution in [3.05, 3.63) is 17.2 Å². The van der Waals surface area contributed by atoms with Gasteiger partial charge in [-0.25, -0.2) is 4.98 Å². The molecule has 0 spiro atoms. The maximum absolute atomic E-state index is 9.52. The zero-order valence-corrected chi connectivity index (χ0v) is 7.55. The molecule has 2 rings (SSSR count). The Balaban J connectivity index is 2.95. The molecule has 0 bridgehead atoms. The number of imidazole rings is 1. The standard InChI is InChI=1S/C9H11N3O/c1-4-3-6(13)5(2)8-7(4)11-9(10)12-8/h3,13H,1-2H3,(H3,10,11,12). The van der Waals surface area contributed by atoms with Gasteiger partial charge in [0.1, 0.15) is 5.75 Å². The van der Waals surface area contributed by atoms with Gasteiger partial charge in [-0.15, -0.1) is 0 Å². The molecule has 1 aromatic heterocycles. The molecule has 0 aliphatic rings. The molecule has 4 N–H and O–H groups in total. The fraction of sp³-hybridized carbons (Fsp3) is 0.222. The Bertz CT molecular complexity index is 473. The number of benzene rings is 1. The first-order valence-electron chi connectivity index (χ1n) is 4.04. The van der Waals surface area contributed by atoms with Crippen LogP contribution >= 0.6 is 0 Å². The number of hydrogen-bond acceptors (Lipinski definition) is 3. The van der Waals surface area contributed by atoms with Gasteiger partial charge < -0.3 is 15.8 Å². The Labute approximate surface area is 75.4 Å². The van der Waals surface area contributed by atoms with Gasteiger partial charge in [-0.3, -0.25) is 0 Å². The van der Waals surface area contributed by atoms with Crippen molar-refractivity contribution >= 4 is 17.0 Å². The average molecular weight is 177 g/mol. The van der Waals surface area contributed by atoms with Gasteiger partial charge in [0.2, 0.25) is 0 Å². The summed E-state index contributed by atoms with van der Waals surface area (Å²) in [6.45, 7) is 3.72. The number of phenolic OH excluding ortho intramolecular Hbond substituents is 1. The van der Waals surface area contributed by atoms with E-state index in [0.717, 1.165) is 22.2 Å². The van der Waals surface area contributed by atoms with Crippen molar-refractivity contribution in [1.82, 2.24) is 9.97 Å². The van der Waals surface area contributed by atoms with E-state index < -0.39 is 0 Å². The van der Waals surface area contributed by atoms with Crippen molar-refractivity contribution in [1.29, 1.82) is 0 Å². The number of aromatic hydroxyl groups is 1. The average Bonchev–Trinajstić information content (AvgIpc) is 2.44. The number of nitrogens with one attached hydrogen (secondary N) is 1. The second-order valence-corrected chi connectivity index (χ2v) is 3.18. The molecular weight excluding hydrogens is 166 g/mol. The van der Waals surface area contributed by atoms with Crippen LogP contribution in [0.1, 0.15) is 11.1 Å². The fourth-order valence-corrected chi connectivity index (χ4v) is 1.46. The quantitative estimate of drug-likeness (QED) is 0.570. The number of aryl methyl sites for hydroxylation is 2. The Morgan fingerprint density at radius 3 is 2.85 bits per heavy atom. The monoisotopic (exact) mass is 177 g/mol. The molecule has 68 valence electrons. The van der Waals surface area contributed by atoms with E-state index in [4.69, 9.17) is 5.73 Å². The second kappa shape index (κ2) is 2.39. The smallest absolute Gasteiger partial charge is 0.198 e. The van der Waals surface area contributed by atoms with Gasteiger partial charge in [-0.2, -0.15) is 0 Å². The van der Waals surface area contributed by atoms with E-state index in [9.17, 15) is 5.11 Å². The van der Waals surface area contributed by atoms with Crippen LogP contribution in [0, 0.1) is 13.8 Å². The number of aromatic amines is 1. The summed E-state index contributed by atoms with van der Waals surface area (Å²) >= 11 is 0. The molecule has 0 saturated heterocycles. The highest BCUT2D eigenvalue weighted by Gasteiger charge is 2.09. The Kier molecular flexibility index (Phi) is 1.45. The van der Waals surface area contributed by atoms with Crippen molar-refractivity contribution in [3.63, 3.8) is 0 Å².